The Balaban J connectivity index is 1.72. The number of benzene rings is 1. The first-order chi connectivity index (χ1) is 9.65. The number of rotatable bonds is 3. The van der Waals surface area contributed by atoms with Gasteiger partial charge in [0.1, 0.15) is 5.69 Å². The maximum Gasteiger partial charge on any atom is 0.293 e. The summed E-state index contributed by atoms with van der Waals surface area (Å²) in [6, 6.07) is 5.93. The predicted molar refractivity (Wildman–Crippen MR) is 81.2 cm³/mol. The lowest BCUT2D eigenvalue weighted by Gasteiger charge is -2.43. The standard InChI is InChI=1S/C13H17BrN4O2/c14-10-1-2-12(13(7-10)18(19)20)17-5-3-16(4-6-17)11-8-15-9-11/h1-2,7,11,15H,3-6,8-9H2. The molecule has 3 rings (SSSR count). The van der Waals surface area contributed by atoms with Crippen molar-refractivity contribution in [3.8, 4) is 0 Å². The summed E-state index contributed by atoms with van der Waals surface area (Å²) >= 11 is 3.30. The van der Waals surface area contributed by atoms with Crippen molar-refractivity contribution in [1.29, 1.82) is 0 Å². The molecule has 0 radical (unpaired) electrons. The van der Waals surface area contributed by atoms with Crippen molar-refractivity contribution in [3.63, 3.8) is 0 Å². The van der Waals surface area contributed by atoms with Gasteiger partial charge < -0.3 is 10.2 Å². The Morgan fingerprint density at radius 3 is 2.50 bits per heavy atom. The first-order valence-electron chi connectivity index (χ1n) is 6.79. The van der Waals surface area contributed by atoms with Crippen molar-refractivity contribution in [1.82, 2.24) is 10.2 Å². The van der Waals surface area contributed by atoms with E-state index >= 15 is 0 Å². The van der Waals surface area contributed by atoms with Crippen molar-refractivity contribution < 1.29 is 4.92 Å². The molecule has 0 aliphatic carbocycles. The fraction of sp³-hybridized carbons (Fsp3) is 0.538. The van der Waals surface area contributed by atoms with Gasteiger partial charge in [-0.1, -0.05) is 15.9 Å². The Hall–Kier alpha value is -1.18. The Morgan fingerprint density at radius 2 is 1.95 bits per heavy atom. The molecule has 2 saturated heterocycles. The van der Waals surface area contributed by atoms with Crippen LogP contribution in [0.5, 0.6) is 0 Å². The predicted octanol–water partition coefficient (Wildman–Crippen LogP) is 1.45. The lowest BCUT2D eigenvalue weighted by Crippen LogP contribution is -2.61. The minimum atomic E-state index is -0.303. The molecule has 2 aliphatic rings. The van der Waals surface area contributed by atoms with E-state index in [9.17, 15) is 10.1 Å². The topological polar surface area (TPSA) is 61.7 Å². The number of piperazine rings is 1. The molecule has 0 unspecified atom stereocenters. The number of nitrogens with zero attached hydrogens (tertiary/aromatic N) is 3. The van der Waals surface area contributed by atoms with Gasteiger partial charge in [-0.2, -0.15) is 0 Å². The molecule has 1 aromatic rings. The zero-order valence-corrected chi connectivity index (χ0v) is 12.7. The molecule has 0 saturated carbocycles. The van der Waals surface area contributed by atoms with Crippen LogP contribution < -0.4 is 10.2 Å². The van der Waals surface area contributed by atoms with Crippen LogP contribution in [0.15, 0.2) is 22.7 Å². The highest BCUT2D eigenvalue weighted by Gasteiger charge is 2.29. The van der Waals surface area contributed by atoms with Gasteiger partial charge in [-0.3, -0.25) is 15.0 Å². The Bertz CT molecular complexity index is 513. The van der Waals surface area contributed by atoms with Crippen LogP contribution in [0, 0.1) is 10.1 Å². The molecule has 1 aromatic carbocycles. The van der Waals surface area contributed by atoms with E-state index in [4.69, 9.17) is 0 Å². The minimum absolute atomic E-state index is 0.179. The summed E-state index contributed by atoms with van der Waals surface area (Å²) in [6.07, 6.45) is 0. The summed E-state index contributed by atoms with van der Waals surface area (Å²) in [5.74, 6) is 0. The third-order valence-electron chi connectivity index (χ3n) is 4.07. The van der Waals surface area contributed by atoms with Crippen LogP contribution in [0.25, 0.3) is 0 Å². The lowest BCUT2D eigenvalue weighted by molar-refractivity contribution is -0.384. The first kappa shape index (κ1) is 13.8. The van der Waals surface area contributed by atoms with Crippen LogP contribution in [0.3, 0.4) is 0 Å². The maximum atomic E-state index is 11.2. The average Bonchev–Trinajstić information content (AvgIpc) is 2.38. The van der Waals surface area contributed by atoms with Crippen molar-refractivity contribution in [2.45, 2.75) is 6.04 Å². The molecule has 0 bridgehead atoms. The molecule has 6 nitrogen and oxygen atoms in total. The molecular weight excluding hydrogens is 324 g/mol. The average molecular weight is 341 g/mol. The fourth-order valence-electron chi connectivity index (χ4n) is 2.77. The molecule has 2 fully saturated rings. The zero-order valence-electron chi connectivity index (χ0n) is 11.1. The minimum Gasteiger partial charge on any atom is -0.363 e. The number of anilines is 1. The summed E-state index contributed by atoms with van der Waals surface area (Å²) < 4.78 is 0.743. The molecular formula is C13H17BrN4O2. The molecule has 0 amide bonds. The van der Waals surface area contributed by atoms with Gasteiger partial charge in [-0.05, 0) is 12.1 Å². The Kier molecular flexibility index (Phi) is 3.91. The number of nitrogens with one attached hydrogen (secondary N) is 1. The van der Waals surface area contributed by atoms with Crippen molar-refractivity contribution in [2.24, 2.45) is 0 Å². The number of hydrogen-bond donors (Lipinski definition) is 1. The summed E-state index contributed by atoms with van der Waals surface area (Å²) in [7, 11) is 0. The lowest BCUT2D eigenvalue weighted by atomic mass is 10.1. The molecule has 7 heteroatoms. The van der Waals surface area contributed by atoms with E-state index in [1.807, 2.05) is 12.1 Å². The molecule has 108 valence electrons. The molecule has 20 heavy (non-hydrogen) atoms. The van der Waals surface area contributed by atoms with Gasteiger partial charge >= 0.3 is 0 Å². The van der Waals surface area contributed by atoms with E-state index in [1.54, 1.807) is 6.07 Å². The smallest absolute Gasteiger partial charge is 0.293 e. The van der Waals surface area contributed by atoms with E-state index < -0.39 is 0 Å². The number of nitro groups is 1. The monoisotopic (exact) mass is 340 g/mol. The summed E-state index contributed by atoms with van der Waals surface area (Å²) in [4.78, 5) is 15.5. The van der Waals surface area contributed by atoms with Gasteiger partial charge in [0.25, 0.3) is 5.69 Å². The van der Waals surface area contributed by atoms with Crippen LogP contribution in [0.1, 0.15) is 0 Å². The second-order valence-electron chi connectivity index (χ2n) is 5.23. The second kappa shape index (κ2) is 5.67. The van der Waals surface area contributed by atoms with Gasteiger partial charge in [0.2, 0.25) is 0 Å². The van der Waals surface area contributed by atoms with Crippen LogP contribution in [0.2, 0.25) is 0 Å². The van der Waals surface area contributed by atoms with Gasteiger partial charge in [-0.15, -0.1) is 0 Å². The second-order valence-corrected chi connectivity index (χ2v) is 6.14. The largest absolute Gasteiger partial charge is 0.363 e. The molecule has 0 atom stereocenters. The highest BCUT2D eigenvalue weighted by atomic mass is 79.9. The van der Waals surface area contributed by atoms with E-state index in [0.29, 0.717) is 6.04 Å². The third kappa shape index (κ3) is 2.65. The summed E-state index contributed by atoms with van der Waals surface area (Å²) in [5, 5.41) is 14.5. The molecule has 2 aliphatic heterocycles. The number of nitro benzene ring substituents is 1. The zero-order chi connectivity index (χ0) is 14.1. The normalized spacial score (nSPS) is 20.8. The SMILES string of the molecule is O=[N+]([O-])c1cc(Br)ccc1N1CCN(C2CNC2)CC1. The van der Waals surface area contributed by atoms with Crippen molar-refractivity contribution in [3.05, 3.63) is 32.8 Å². The van der Waals surface area contributed by atoms with Gasteiger partial charge in [0.05, 0.1) is 4.92 Å². The Morgan fingerprint density at radius 1 is 1.25 bits per heavy atom. The quantitative estimate of drug-likeness (QED) is 0.666. The van der Waals surface area contributed by atoms with E-state index in [-0.39, 0.29) is 10.6 Å². The van der Waals surface area contributed by atoms with E-state index in [2.05, 4.69) is 31.0 Å². The highest BCUT2D eigenvalue weighted by Crippen LogP contribution is 2.32. The Labute approximate surface area is 126 Å². The molecule has 1 N–H and O–H groups in total. The molecule has 0 aromatic heterocycles. The highest BCUT2D eigenvalue weighted by molar-refractivity contribution is 9.10. The van der Waals surface area contributed by atoms with E-state index in [1.165, 1.54) is 0 Å². The van der Waals surface area contributed by atoms with E-state index in [0.717, 1.165) is 49.4 Å². The first-order valence-corrected chi connectivity index (χ1v) is 7.58. The number of hydrogen-bond acceptors (Lipinski definition) is 5. The van der Waals surface area contributed by atoms with Crippen molar-refractivity contribution in [2.75, 3.05) is 44.2 Å². The van der Waals surface area contributed by atoms with Gasteiger partial charge in [0, 0.05) is 55.8 Å². The molecule has 0 spiro atoms. The van der Waals surface area contributed by atoms with Crippen LogP contribution in [-0.4, -0.2) is 55.1 Å². The van der Waals surface area contributed by atoms with Gasteiger partial charge in [0.15, 0.2) is 0 Å². The van der Waals surface area contributed by atoms with Crippen LogP contribution >= 0.6 is 15.9 Å². The summed E-state index contributed by atoms with van der Waals surface area (Å²) in [6.45, 7) is 5.77. The summed E-state index contributed by atoms with van der Waals surface area (Å²) in [5.41, 5.74) is 0.905. The van der Waals surface area contributed by atoms with Crippen molar-refractivity contribution >= 4 is 27.3 Å². The maximum absolute atomic E-state index is 11.2. The fourth-order valence-corrected chi connectivity index (χ4v) is 3.12. The third-order valence-corrected chi connectivity index (χ3v) is 4.56. The number of halogens is 1. The van der Waals surface area contributed by atoms with Gasteiger partial charge in [-0.25, -0.2) is 0 Å². The van der Waals surface area contributed by atoms with Crippen LogP contribution in [0.4, 0.5) is 11.4 Å². The molecule has 2 heterocycles. The van der Waals surface area contributed by atoms with Crippen LogP contribution in [-0.2, 0) is 0 Å².